The highest BCUT2D eigenvalue weighted by Crippen LogP contribution is 2.36. The first kappa shape index (κ1) is 12.9. The Morgan fingerprint density at radius 3 is 2.55 bits per heavy atom. The number of para-hydroxylation sites is 1. The molecule has 3 rings (SSSR count). The van der Waals surface area contributed by atoms with E-state index < -0.39 is 0 Å². The van der Waals surface area contributed by atoms with Gasteiger partial charge in [0.2, 0.25) is 6.79 Å². The lowest BCUT2D eigenvalue weighted by Crippen LogP contribution is -2.04. The summed E-state index contributed by atoms with van der Waals surface area (Å²) in [4.78, 5) is 0. The van der Waals surface area contributed by atoms with Gasteiger partial charge in [0.15, 0.2) is 11.5 Å². The first-order chi connectivity index (χ1) is 9.65. The Bertz CT molecular complexity index is 626. The summed E-state index contributed by atoms with van der Waals surface area (Å²) < 4.78 is 10.9. The molecule has 0 saturated heterocycles. The second kappa shape index (κ2) is 5.08. The summed E-state index contributed by atoms with van der Waals surface area (Å²) in [5, 5.41) is 3.52. The van der Waals surface area contributed by atoms with Gasteiger partial charge in [0, 0.05) is 17.8 Å². The number of rotatable bonds is 3. The van der Waals surface area contributed by atoms with Crippen LogP contribution in [0.5, 0.6) is 11.5 Å². The molecular formula is C17H19NO2. The average molecular weight is 269 g/mol. The van der Waals surface area contributed by atoms with Crippen LogP contribution in [0.3, 0.4) is 0 Å². The number of nitrogens with one attached hydrogen (secondary N) is 1. The van der Waals surface area contributed by atoms with Crippen LogP contribution in [0, 0.1) is 20.8 Å². The molecular weight excluding hydrogens is 250 g/mol. The third kappa shape index (κ3) is 2.31. The molecule has 0 spiro atoms. The number of hydrogen-bond donors (Lipinski definition) is 1. The van der Waals surface area contributed by atoms with E-state index in [9.17, 15) is 0 Å². The molecule has 0 saturated carbocycles. The number of ether oxygens (including phenoxy) is 2. The van der Waals surface area contributed by atoms with Gasteiger partial charge in [0.1, 0.15) is 0 Å². The minimum atomic E-state index is 0.314. The van der Waals surface area contributed by atoms with E-state index in [2.05, 4.69) is 44.3 Å². The van der Waals surface area contributed by atoms with Crippen molar-refractivity contribution in [2.45, 2.75) is 27.3 Å². The van der Waals surface area contributed by atoms with E-state index in [4.69, 9.17) is 9.47 Å². The van der Waals surface area contributed by atoms with Gasteiger partial charge >= 0.3 is 0 Å². The monoisotopic (exact) mass is 269 g/mol. The van der Waals surface area contributed by atoms with E-state index in [0.717, 1.165) is 23.6 Å². The highest BCUT2D eigenvalue weighted by atomic mass is 16.7. The van der Waals surface area contributed by atoms with Gasteiger partial charge in [-0.25, -0.2) is 0 Å². The maximum Gasteiger partial charge on any atom is 0.231 e. The second-order valence-corrected chi connectivity index (χ2v) is 5.28. The smallest absolute Gasteiger partial charge is 0.231 e. The van der Waals surface area contributed by atoms with E-state index in [-0.39, 0.29) is 0 Å². The van der Waals surface area contributed by atoms with E-state index >= 15 is 0 Å². The summed E-state index contributed by atoms with van der Waals surface area (Å²) in [7, 11) is 0. The Kier molecular flexibility index (Phi) is 3.26. The zero-order valence-corrected chi connectivity index (χ0v) is 12.1. The number of aryl methyl sites for hydroxylation is 3. The normalized spacial score (nSPS) is 12.6. The molecule has 1 aliphatic heterocycles. The zero-order chi connectivity index (χ0) is 14.1. The predicted molar refractivity (Wildman–Crippen MR) is 80.5 cm³/mol. The molecule has 2 aromatic rings. The van der Waals surface area contributed by atoms with Crippen molar-refractivity contribution in [3.05, 3.63) is 52.6 Å². The molecule has 0 aliphatic carbocycles. The second-order valence-electron chi connectivity index (χ2n) is 5.28. The Hall–Kier alpha value is -2.16. The molecule has 3 nitrogen and oxygen atoms in total. The molecule has 20 heavy (non-hydrogen) atoms. The summed E-state index contributed by atoms with van der Waals surface area (Å²) >= 11 is 0. The van der Waals surface area contributed by atoms with Gasteiger partial charge in [-0.15, -0.1) is 0 Å². The van der Waals surface area contributed by atoms with Crippen LogP contribution in [-0.2, 0) is 6.54 Å². The maximum absolute atomic E-state index is 5.54. The van der Waals surface area contributed by atoms with Gasteiger partial charge in [-0.05, 0) is 38.0 Å². The van der Waals surface area contributed by atoms with Crippen LogP contribution in [0.15, 0.2) is 30.3 Å². The molecule has 1 N–H and O–H groups in total. The average Bonchev–Trinajstić information content (AvgIpc) is 2.86. The lowest BCUT2D eigenvalue weighted by Gasteiger charge is -2.14. The van der Waals surface area contributed by atoms with Crippen LogP contribution >= 0.6 is 0 Å². The third-order valence-corrected chi connectivity index (χ3v) is 3.61. The van der Waals surface area contributed by atoms with Crippen molar-refractivity contribution in [1.82, 2.24) is 0 Å². The van der Waals surface area contributed by atoms with E-state index in [0.29, 0.717) is 6.79 Å². The molecule has 2 aromatic carbocycles. The number of anilines is 1. The maximum atomic E-state index is 5.54. The van der Waals surface area contributed by atoms with Crippen molar-refractivity contribution >= 4 is 5.69 Å². The topological polar surface area (TPSA) is 30.5 Å². The first-order valence-corrected chi connectivity index (χ1v) is 6.84. The Labute approximate surface area is 119 Å². The molecule has 0 radical (unpaired) electrons. The molecule has 1 aliphatic rings. The highest BCUT2D eigenvalue weighted by molar-refractivity contribution is 5.59. The van der Waals surface area contributed by atoms with E-state index in [1.165, 1.54) is 22.4 Å². The number of benzene rings is 2. The van der Waals surface area contributed by atoms with Crippen LogP contribution < -0.4 is 14.8 Å². The quantitative estimate of drug-likeness (QED) is 0.915. The molecule has 0 amide bonds. The van der Waals surface area contributed by atoms with Crippen LogP contribution in [0.2, 0.25) is 0 Å². The Morgan fingerprint density at radius 1 is 1.05 bits per heavy atom. The molecule has 0 fully saturated rings. The van der Waals surface area contributed by atoms with Crippen molar-refractivity contribution in [2.24, 2.45) is 0 Å². The molecule has 3 heteroatoms. The first-order valence-electron chi connectivity index (χ1n) is 6.84. The molecule has 0 atom stereocenters. The van der Waals surface area contributed by atoms with Gasteiger partial charge in [0.05, 0.1) is 0 Å². The van der Waals surface area contributed by atoms with E-state index in [1.807, 2.05) is 12.1 Å². The summed E-state index contributed by atoms with van der Waals surface area (Å²) in [6.45, 7) is 7.44. The molecule has 0 aromatic heterocycles. The predicted octanol–water partition coefficient (Wildman–Crippen LogP) is 3.95. The van der Waals surface area contributed by atoms with Crippen molar-refractivity contribution in [3.63, 3.8) is 0 Å². The van der Waals surface area contributed by atoms with E-state index in [1.54, 1.807) is 0 Å². The van der Waals surface area contributed by atoms with Gasteiger partial charge in [-0.2, -0.15) is 0 Å². The fourth-order valence-corrected chi connectivity index (χ4v) is 2.77. The molecule has 0 unspecified atom stereocenters. The summed E-state index contributed by atoms with van der Waals surface area (Å²) in [5.41, 5.74) is 6.16. The van der Waals surface area contributed by atoms with Crippen molar-refractivity contribution in [3.8, 4) is 11.5 Å². The largest absolute Gasteiger partial charge is 0.454 e. The summed E-state index contributed by atoms with van der Waals surface area (Å²) in [5.74, 6) is 1.70. The number of hydrogen-bond acceptors (Lipinski definition) is 3. The van der Waals surface area contributed by atoms with Crippen LogP contribution in [0.1, 0.15) is 22.3 Å². The van der Waals surface area contributed by atoms with Gasteiger partial charge in [0.25, 0.3) is 0 Å². The Morgan fingerprint density at radius 2 is 1.80 bits per heavy atom. The van der Waals surface area contributed by atoms with Crippen molar-refractivity contribution in [2.75, 3.05) is 12.1 Å². The highest BCUT2D eigenvalue weighted by Gasteiger charge is 2.17. The number of fused-ring (bicyclic) bond motifs is 1. The summed E-state index contributed by atoms with van der Waals surface area (Å²) in [6.07, 6.45) is 0. The van der Waals surface area contributed by atoms with Crippen molar-refractivity contribution < 1.29 is 9.47 Å². The molecule has 0 bridgehead atoms. The third-order valence-electron chi connectivity index (χ3n) is 3.61. The lowest BCUT2D eigenvalue weighted by atomic mass is 10.0. The van der Waals surface area contributed by atoms with Crippen LogP contribution in [0.25, 0.3) is 0 Å². The van der Waals surface area contributed by atoms with Gasteiger partial charge in [-0.3, -0.25) is 0 Å². The molecule has 1 heterocycles. The van der Waals surface area contributed by atoms with Gasteiger partial charge < -0.3 is 14.8 Å². The minimum absolute atomic E-state index is 0.314. The van der Waals surface area contributed by atoms with Crippen molar-refractivity contribution in [1.29, 1.82) is 0 Å². The van der Waals surface area contributed by atoms with Gasteiger partial charge in [-0.1, -0.05) is 29.8 Å². The van der Waals surface area contributed by atoms with Crippen LogP contribution in [-0.4, -0.2) is 6.79 Å². The fourth-order valence-electron chi connectivity index (χ4n) is 2.77. The summed E-state index contributed by atoms with van der Waals surface area (Å²) in [6, 6.07) is 10.4. The SMILES string of the molecule is Cc1cc(C)c(NCc2cccc3c2OCO3)c(C)c1. The lowest BCUT2D eigenvalue weighted by molar-refractivity contribution is 0.173. The zero-order valence-electron chi connectivity index (χ0n) is 12.1. The van der Waals surface area contributed by atoms with Crippen LogP contribution in [0.4, 0.5) is 5.69 Å². The Balaban J connectivity index is 1.83. The standard InChI is InChI=1S/C17H19NO2/c1-11-7-12(2)16(13(3)8-11)18-9-14-5-4-6-15-17(14)20-10-19-15/h4-8,18H,9-10H2,1-3H3. The fraction of sp³-hybridized carbons (Fsp3) is 0.294. The molecule has 104 valence electrons. The minimum Gasteiger partial charge on any atom is -0.454 e.